The summed E-state index contributed by atoms with van der Waals surface area (Å²) in [6.45, 7) is 4.17. The first kappa shape index (κ1) is 45.8. The van der Waals surface area contributed by atoms with E-state index < -0.39 is 24.2 Å². The molecule has 0 rings (SSSR count). The van der Waals surface area contributed by atoms with Crippen molar-refractivity contribution in [3.05, 3.63) is 24.3 Å². The summed E-state index contributed by atoms with van der Waals surface area (Å²) in [7, 11) is 0. The van der Waals surface area contributed by atoms with E-state index in [-0.39, 0.29) is 6.61 Å². The van der Waals surface area contributed by atoms with E-state index in [0.29, 0.717) is 6.42 Å². The molecule has 5 nitrogen and oxygen atoms in total. The zero-order chi connectivity index (χ0) is 34.5. The Balaban J connectivity index is 3.70. The number of carbonyl (C=O) groups is 1. The fraction of sp³-hybridized carbons (Fsp3) is 0.881. The van der Waals surface area contributed by atoms with Crippen LogP contribution >= 0.6 is 0 Å². The standard InChI is InChI=1S/C42H81NO4/c1-3-5-7-9-11-13-15-17-19-20-21-22-23-25-27-29-31-33-35-37-41(46)42(47)43-39(38-44)40(45)36-34-32-30-28-26-24-18-16-14-12-10-8-6-4-2/h21-22,34,36,39-41,44-46H,3-20,23-33,35,37-38H2,1-2H3,(H,43,47)/b22-21-,36-34+. The van der Waals surface area contributed by atoms with Gasteiger partial charge in [-0.3, -0.25) is 4.79 Å². The van der Waals surface area contributed by atoms with Crippen LogP contribution in [-0.2, 0) is 4.79 Å². The first-order valence-corrected chi connectivity index (χ1v) is 20.7. The molecule has 3 atom stereocenters. The lowest BCUT2D eigenvalue weighted by Gasteiger charge is -2.21. The zero-order valence-corrected chi connectivity index (χ0v) is 31.4. The molecule has 0 saturated carbocycles. The van der Waals surface area contributed by atoms with Gasteiger partial charge in [-0.1, -0.05) is 192 Å². The van der Waals surface area contributed by atoms with Crippen molar-refractivity contribution in [3.8, 4) is 0 Å². The molecule has 4 N–H and O–H groups in total. The molecule has 0 aliphatic carbocycles. The van der Waals surface area contributed by atoms with Gasteiger partial charge in [0.1, 0.15) is 6.10 Å². The van der Waals surface area contributed by atoms with Crippen LogP contribution in [0.15, 0.2) is 24.3 Å². The van der Waals surface area contributed by atoms with Crippen LogP contribution in [0.4, 0.5) is 0 Å². The third-order valence-electron chi connectivity index (χ3n) is 9.54. The Morgan fingerprint density at radius 3 is 1.23 bits per heavy atom. The molecule has 0 heterocycles. The first-order chi connectivity index (χ1) is 23.1. The van der Waals surface area contributed by atoms with Gasteiger partial charge in [-0.2, -0.15) is 0 Å². The van der Waals surface area contributed by atoms with Gasteiger partial charge in [0.05, 0.1) is 18.8 Å². The second-order valence-electron chi connectivity index (χ2n) is 14.2. The lowest BCUT2D eigenvalue weighted by Crippen LogP contribution is -2.48. The molecule has 278 valence electrons. The number of amides is 1. The van der Waals surface area contributed by atoms with Gasteiger partial charge < -0.3 is 20.6 Å². The lowest BCUT2D eigenvalue weighted by atomic mass is 10.0. The lowest BCUT2D eigenvalue weighted by molar-refractivity contribution is -0.131. The Labute approximate surface area is 292 Å². The highest BCUT2D eigenvalue weighted by molar-refractivity contribution is 5.80. The summed E-state index contributed by atoms with van der Waals surface area (Å²) in [4.78, 5) is 12.4. The van der Waals surface area contributed by atoms with Crippen molar-refractivity contribution in [2.24, 2.45) is 0 Å². The van der Waals surface area contributed by atoms with E-state index in [4.69, 9.17) is 0 Å². The van der Waals surface area contributed by atoms with Crippen LogP contribution in [0.5, 0.6) is 0 Å². The number of allylic oxidation sites excluding steroid dienone is 3. The Bertz CT molecular complexity index is 694. The van der Waals surface area contributed by atoms with Crippen LogP contribution in [-0.4, -0.2) is 46.1 Å². The Kier molecular flexibility index (Phi) is 36.7. The maximum atomic E-state index is 12.4. The first-order valence-electron chi connectivity index (χ1n) is 20.7. The normalized spacial score (nSPS) is 13.9. The van der Waals surface area contributed by atoms with Crippen LogP contribution < -0.4 is 5.32 Å². The van der Waals surface area contributed by atoms with Crippen LogP contribution in [0.25, 0.3) is 0 Å². The summed E-state index contributed by atoms with van der Waals surface area (Å²) in [5, 5.41) is 33.0. The number of nitrogens with one attached hydrogen (secondary N) is 1. The van der Waals surface area contributed by atoms with Crippen molar-refractivity contribution >= 4 is 5.91 Å². The average Bonchev–Trinajstić information content (AvgIpc) is 3.07. The second-order valence-corrected chi connectivity index (χ2v) is 14.2. The molecule has 0 fully saturated rings. The van der Waals surface area contributed by atoms with Gasteiger partial charge in [-0.15, -0.1) is 0 Å². The third-order valence-corrected chi connectivity index (χ3v) is 9.54. The van der Waals surface area contributed by atoms with Crippen LogP contribution in [0.2, 0.25) is 0 Å². The van der Waals surface area contributed by atoms with Crippen LogP contribution in [0.1, 0.15) is 213 Å². The molecule has 0 bridgehead atoms. The van der Waals surface area contributed by atoms with E-state index >= 15 is 0 Å². The van der Waals surface area contributed by atoms with Gasteiger partial charge in [-0.05, 0) is 44.9 Å². The number of aliphatic hydroxyl groups is 3. The van der Waals surface area contributed by atoms with Crippen molar-refractivity contribution in [2.45, 2.75) is 231 Å². The Hall–Kier alpha value is -1.17. The molecule has 0 aromatic heterocycles. The summed E-state index contributed by atoms with van der Waals surface area (Å²) in [5.41, 5.74) is 0. The second kappa shape index (κ2) is 37.6. The Morgan fingerprint density at radius 1 is 0.511 bits per heavy atom. The molecule has 5 heteroatoms. The number of hydrogen-bond acceptors (Lipinski definition) is 4. The van der Waals surface area contributed by atoms with E-state index in [2.05, 4.69) is 31.3 Å². The number of hydrogen-bond donors (Lipinski definition) is 4. The predicted octanol–water partition coefficient (Wildman–Crippen LogP) is 11.4. The van der Waals surface area contributed by atoms with Gasteiger partial charge in [0.15, 0.2) is 0 Å². The number of aliphatic hydroxyl groups excluding tert-OH is 3. The topological polar surface area (TPSA) is 89.8 Å². The molecule has 1 amide bonds. The van der Waals surface area contributed by atoms with Crippen LogP contribution in [0.3, 0.4) is 0 Å². The molecule has 0 saturated heterocycles. The van der Waals surface area contributed by atoms with Gasteiger partial charge in [0, 0.05) is 0 Å². The van der Waals surface area contributed by atoms with E-state index in [9.17, 15) is 20.1 Å². The van der Waals surface area contributed by atoms with Crippen molar-refractivity contribution in [1.82, 2.24) is 5.32 Å². The molecule has 0 aliphatic heterocycles. The number of carbonyl (C=O) groups excluding carboxylic acids is 1. The fourth-order valence-electron chi connectivity index (χ4n) is 6.24. The summed E-state index contributed by atoms with van der Waals surface area (Å²) in [6.07, 6.45) is 44.8. The van der Waals surface area contributed by atoms with Crippen molar-refractivity contribution in [3.63, 3.8) is 0 Å². The van der Waals surface area contributed by atoms with E-state index in [1.54, 1.807) is 6.08 Å². The summed E-state index contributed by atoms with van der Waals surface area (Å²) in [6, 6.07) is -0.797. The molecule has 0 aromatic rings. The number of unbranched alkanes of at least 4 members (excludes halogenated alkanes) is 27. The monoisotopic (exact) mass is 664 g/mol. The zero-order valence-electron chi connectivity index (χ0n) is 31.4. The molecule has 47 heavy (non-hydrogen) atoms. The minimum atomic E-state index is -1.10. The largest absolute Gasteiger partial charge is 0.394 e. The fourth-order valence-corrected chi connectivity index (χ4v) is 6.24. The molecule has 3 unspecified atom stereocenters. The quantitative estimate of drug-likeness (QED) is 0.0393. The highest BCUT2D eigenvalue weighted by Gasteiger charge is 2.22. The summed E-state index contributed by atoms with van der Waals surface area (Å²) >= 11 is 0. The van der Waals surface area contributed by atoms with Crippen molar-refractivity contribution in [1.29, 1.82) is 0 Å². The van der Waals surface area contributed by atoms with Gasteiger partial charge >= 0.3 is 0 Å². The molecule has 0 aliphatic rings. The van der Waals surface area contributed by atoms with Crippen molar-refractivity contribution in [2.75, 3.05) is 6.61 Å². The maximum Gasteiger partial charge on any atom is 0.249 e. The minimum absolute atomic E-state index is 0.364. The van der Waals surface area contributed by atoms with E-state index in [1.165, 1.54) is 161 Å². The summed E-state index contributed by atoms with van der Waals surface area (Å²) < 4.78 is 0. The summed E-state index contributed by atoms with van der Waals surface area (Å²) in [5.74, 6) is -0.508. The van der Waals surface area contributed by atoms with E-state index in [1.807, 2.05) is 6.08 Å². The van der Waals surface area contributed by atoms with Crippen molar-refractivity contribution < 1.29 is 20.1 Å². The van der Waals surface area contributed by atoms with E-state index in [0.717, 1.165) is 32.1 Å². The van der Waals surface area contributed by atoms with Gasteiger partial charge in [0.2, 0.25) is 5.91 Å². The third kappa shape index (κ3) is 33.1. The van der Waals surface area contributed by atoms with Gasteiger partial charge in [0.25, 0.3) is 0 Å². The van der Waals surface area contributed by atoms with Crippen LogP contribution in [0, 0.1) is 0 Å². The minimum Gasteiger partial charge on any atom is -0.394 e. The predicted molar refractivity (Wildman–Crippen MR) is 204 cm³/mol. The number of rotatable bonds is 37. The highest BCUT2D eigenvalue weighted by Crippen LogP contribution is 2.14. The molecule has 0 aromatic carbocycles. The average molecular weight is 664 g/mol. The van der Waals surface area contributed by atoms with Gasteiger partial charge in [-0.25, -0.2) is 0 Å². The molecule has 0 radical (unpaired) electrons. The molecular formula is C42H81NO4. The molecule has 0 spiro atoms. The SMILES string of the molecule is CCCCCCCCCCC/C=C\CCCCCCCCC(O)C(=O)NC(CO)C(O)/C=C/CCCCCCCCCCCCCC. The maximum absolute atomic E-state index is 12.4. The smallest absolute Gasteiger partial charge is 0.249 e. The Morgan fingerprint density at radius 2 is 0.851 bits per heavy atom. The molecular weight excluding hydrogens is 582 g/mol. The highest BCUT2D eigenvalue weighted by atomic mass is 16.3.